The Morgan fingerprint density at radius 3 is 2.00 bits per heavy atom. The van der Waals surface area contributed by atoms with Crippen LogP contribution in [0.3, 0.4) is 0 Å². The van der Waals surface area contributed by atoms with Gasteiger partial charge in [0.15, 0.2) is 15.7 Å². The predicted molar refractivity (Wildman–Crippen MR) is 101 cm³/mol. The van der Waals surface area contributed by atoms with Gasteiger partial charge in [-0.1, -0.05) is 6.92 Å². The fourth-order valence-corrected chi connectivity index (χ4v) is 4.49. The number of aromatic nitrogens is 2. The number of anilines is 2. The summed E-state index contributed by atoms with van der Waals surface area (Å²) in [6.07, 6.45) is -11.2. The van der Waals surface area contributed by atoms with Gasteiger partial charge in [-0.2, -0.15) is 35.1 Å². The first-order valence-corrected chi connectivity index (χ1v) is 10.8. The number of pyridine rings is 2. The van der Waals surface area contributed by atoms with Crippen molar-refractivity contribution < 1.29 is 43.5 Å². The molecule has 2 aromatic rings. The summed E-state index contributed by atoms with van der Waals surface area (Å²) in [7, 11) is -1.75. The van der Waals surface area contributed by atoms with Crippen LogP contribution in [0.25, 0.3) is 0 Å². The maximum atomic E-state index is 13.9. The van der Waals surface area contributed by atoms with Gasteiger partial charge in [-0.15, -0.1) is 0 Å². The standard InChI is InChI=1S/C18H16F8N4O2S/c1-4-33(31,32)12-6-9(16(19,20)18(24,25)26)7-27-13(12)15-29(2)11-5-10(17(21,22)23)8-28-14(11)30(15)3/h5-8,15H,4H2,1-3H3. The molecular formula is C18H16F8N4O2S. The predicted octanol–water partition coefficient (Wildman–Crippen LogP) is 4.53. The SMILES string of the molecule is CCS(=O)(=O)c1cc(C(F)(F)C(F)(F)F)cnc1C1N(C)c2cc(C(F)(F)F)cnc2N1C. The van der Waals surface area contributed by atoms with Crippen molar-refractivity contribution in [2.75, 3.05) is 29.6 Å². The van der Waals surface area contributed by atoms with E-state index in [1.165, 1.54) is 23.9 Å². The van der Waals surface area contributed by atoms with Crippen LogP contribution in [0.4, 0.5) is 46.6 Å². The number of halogens is 8. The zero-order valence-electron chi connectivity index (χ0n) is 17.1. The normalized spacial score (nSPS) is 17.5. The van der Waals surface area contributed by atoms with Gasteiger partial charge in [-0.25, -0.2) is 13.4 Å². The van der Waals surface area contributed by atoms with Crippen LogP contribution >= 0.6 is 0 Å². The Morgan fingerprint density at radius 1 is 0.909 bits per heavy atom. The van der Waals surface area contributed by atoms with Crippen molar-refractivity contribution in [2.45, 2.75) is 36.3 Å². The van der Waals surface area contributed by atoms with E-state index >= 15 is 0 Å². The Morgan fingerprint density at radius 2 is 1.48 bits per heavy atom. The molecule has 3 rings (SSSR count). The maximum Gasteiger partial charge on any atom is 0.458 e. The fraction of sp³-hybridized carbons (Fsp3) is 0.444. The number of hydrogen-bond donors (Lipinski definition) is 0. The van der Waals surface area contributed by atoms with E-state index in [0.29, 0.717) is 6.20 Å². The summed E-state index contributed by atoms with van der Waals surface area (Å²) in [5.41, 5.74) is -3.26. The van der Waals surface area contributed by atoms with Crippen molar-refractivity contribution in [3.63, 3.8) is 0 Å². The van der Waals surface area contributed by atoms with E-state index in [0.717, 1.165) is 13.0 Å². The molecule has 6 nitrogen and oxygen atoms in total. The molecule has 33 heavy (non-hydrogen) atoms. The zero-order chi connectivity index (χ0) is 25.1. The summed E-state index contributed by atoms with van der Waals surface area (Å²) in [6, 6.07) is 0.965. The molecule has 1 atom stereocenters. The third kappa shape index (κ3) is 4.06. The number of alkyl halides is 8. The van der Waals surface area contributed by atoms with Crippen molar-refractivity contribution in [2.24, 2.45) is 0 Å². The van der Waals surface area contributed by atoms with Crippen LogP contribution in [0.2, 0.25) is 0 Å². The summed E-state index contributed by atoms with van der Waals surface area (Å²) in [5.74, 6) is -6.02. The Hall–Kier alpha value is -2.71. The molecule has 1 aliphatic rings. The zero-order valence-corrected chi connectivity index (χ0v) is 17.9. The van der Waals surface area contributed by atoms with Gasteiger partial charge in [0.1, 0.15) is 11.9 Å². The second kappa shape index (κ2) is 7.67. The van der Waals surface area contributed by atoms with Crippen LogP contribution in [0.1, 0.15) is 29.9 Å². The maximum absolute atomic E-state index is 13.9. The summed E-state index contributed by atoms with van der Waals surface area (Å²) in [5, 5.41) is 0. The van der Waals surface area contributed by atoms with Crippen LogP contribution < -0.4 is 9.80 Å². The van der Waals surface area contributed by atoms with Gasteiger partial charge in [0.2, 0.25) is 0 Å². The van der Waals surface area contributed by atoms with Gasteiger partial charge in [0.25, 0.3) is 0 Å². The van der Waals surface area contributed by atoms with Gasteiger partial charge >= 0.3 is 18.3 Å². The van der Waals surface area contributed by atoms with Crippen LogP contribution in [0, 0.1) is 0 Å². The van der Waals surface area contributed by atoms with E-state index in [-0.39, 0.29) is 23.8 Å². The van der Waals surface area contributed by atoms with Crippen molar-refractivity contribution >= 4 is 21.3 Å². The highest BCUT2D eigenvalue weighted by Gasteiger charge is 2.59. The lowest BCUT2D eigenvalue weighted by atomic mass is 10.1. The summed E-state index contributed by atoms with van der Waals surface area (Å²) in [6.45, 7) is 1.15. The van der Waals surface area contributed by atoms with Crippen LogP contribution in [0.15, 0.2) is 29.4 Å². The monoisotopic (exact) mass is 504 g/mol. The van der Waals surface area contributed by atoms with Gasteiger partial charge in [-0.05, 0) is 12.1 Å². The van der Waals surface area contributed by atoms with E-state index in [1.807, 2.05) is 0 Å². The molecule has 0 saturated carbocycles. The minimum Gasteiger partial charge on any atom is -0.346 e. The van der Waals surface area contributed by atoms with Gasteiger partial charge in [0.05, 0.1) is 27.5 Å². The Bertz CT molecular complexity index is 1180. The van der Waals surface area contributed by atoms with E-state index in [4.69, 9.17) is 0 Å². The van der Waals surface area contributed by atoms with Crippen molar-refractivity contribution in [1.29, 1.82) is 0 Å². The van der Waals surface area contributed by atoms with Crippen LogP contribution in [-0.4, -0.2) is 44.4 Å². The summed E-state index contributed by atoms with van der Waals surface area (Å²) >= 11 is 0. The molecule has 0 aromatic carbocycles. The second-order valence-electron chi connectivity index (χ2n) is 7.24. The molecule has 0 amide bonds. The topological polar surface area (TPSA) is 66.4 Å². The van der Waals surface area contributed by atoms with Crippen molar-refractivity contribution in [1.82, 2.24) is 9.97 Å². The molecule has 1 aliphatic heterocycles. The van der Waals surface area contributed by atoms with Crippen LogP contribution in [-0.2, 0) is 21.9 Å². The fourth-order valence-electron chi connectivity index (χ4n) is 3.40. The number of sulfone groups is 1. The molecule has 15 heteroatoms. The summed E-state index contributed by atoms with van der Waals surface area (Å²) < 4.78 is 131. The van der Waals surface area contributed by atoms with Gasteiger partial charge < -0.3 is 9.80 Å². The number of hydrogen-bond acceptors (Lipinski definition) is 6. The Balaban J connectivity index is 2.20. The average molecular weight is 504 g/mol. The number of fused-ring (bicyclic) bond motifs is 1. The van der Waals surface area contributed by atoms with Gasteiger partial charge in [-0.3, -0.25) is 4.98 Å². The highest BCUT2D eigenvalue weighted by molar-refractivity contribution is 7.91. The molecule has 0 bridgehead atoms. The molecule has 3 heterocycles. The molecule has 0 saturated heterocycles. The first kappa shape index (κ1) is 24.9. The molecule has 0 spiro atoms. The molecule has 0 N–H and O–H groups in total. The van der Waals surface area contributed by atoms with Gasteiger partial charge in [0, 0.05) is 26.5 Å². The third-order valence-electron chi connectivity index (χ3n) is 5.18. The van der Waals surface area contributed by atoms with E-state index in [2.05, 4.69) is 9.97 Å². The molecule has 2 aromatic heterocycles. The lowest BCUT2D eigenvalue weighted by Gasteiger charge is -2.29. The van der Waals surface area contributed by atoms with E-state index in [9.17, 15) is 43.5 Å². The molecule has 0 radical (unpaired) electrons. The molecule has 182 valence electrons. The minimum atomic E-state index is -6.00. The molecule has 0 fully saturated rings. The van der Waals surface area contributed by atoms with E-state index < -0.39 is 61.7 Å². The molecular weight excluding hydrogens is 488 g/mol. The van der Waals surface area contributed by atoms with E-state index in [1.54, 1.807) is 0 Å². The number of rotatable bonds is 4. The highest BCUT2D eigenvalue weighted by Crippen LogP contribution is 2.48. The smallest absolute Gasteiger partial charge is 0.346 e. The Labute approximate surface area is 182 Å². The molecule has 0 aliphatic carbocycles. The minimum absolute atomic E-state index is 0.00171. The van der Waals surface area contributed by atoms with Crippen molar-refractivity contribution in [3.8, 4) is 0 Å². The second-order valence-corrected chi connectivity index (χ2v) is 9.49. The lowest BCUT2D eigenvalue weighted by Crippen LogP contribution is -2.36. The molecule has 1 unspecified atom stereocenters. The quantitative estimate of drug-likeness (QED) is 0.571. The van der Waals surface area contributed by atoms with Crippen LogP contribution in [0.5, 0.6) is 0 Å². The Kier molecular flexibility index (Phi) is 5.79. The summed E-state index contributed by atoms with van der Waals surface area (Å²) in [4.78, 5) is 8.90. The third-order valence-corrected chi connectivity index (χ3v) is 6.94. The largest absolute Gasteiger partial charge is 0.458 e. The number of nitrogens with zero attached hydrogens (tertiary/aromatic N) is 4. The first-order chi connectivity index (χ1) is 14.9. The highest BCUT2D eigenvalue weighted by atomic mass is 32.2. The first-order valence-electron chi connectivity index (χ1n) is 9.14. The average Bonchev–Trinajstić information content (AvgIpc) is 2.96. The lowest BCUT2D eigenvalue weighted by molar-refractivity contribution is -0.289. The van der Waals surface area contributed by atoms with Crippen molar-refractivity contribution in [3.05, 3.63) is 41.3 Å².